The summed E-state index contributed by atoms with van der Waals surface area (Å²) in [4.78, 5) is 16.6. The number of nitrogens with one attached hydrogen (secondary N) is 1. The summed E-state index contributed by atoms with van der Waals surface area (Å²) in [5, 5.41) is 3.91. The summed E-state index contributed by atoms with van der Waals surface area (Å²) in [6.45, 7) is 2.63. The molecule has 0 saturated carbocycles. The van der Waals surface area contributed by atoms with Gasteiger partial charge in [0.05, 0.1) is 5.52 Å². The molecule has 3 N–H and O–H groups in total. The molecule has 2 rings (SSSR count). The summed E-state index contributed by atoms with van der Waals surface area (Å²) in [7, 11) is 0. The highest BCUT2D eigenvalue weighted by Gasteiger charge is 2.13. The Labute approximate surface area is 113 Å². The van der Waals surface area contributed by atoms with Crippen molar-refractivity contribution in [1.29, 1.82) is 0 Å². The van der Waals surface area contributed by atoms with Crippen LogP contribution in [0.4, 0.5) is 0 Å². The first kappa shape index (κ1) is 13.5. The molecule has 4 heteroatoms. The van der Waals surface area contributed by atoms with E-state index in [1.807, 2.05) is 37.3 Å². The topological polar surface area (TPSA) is 68.0 Å². The van der Waals surface area contributed by atoms with Gasteiger partial charge in [0.2, 0.25) is 0 Å². The Balaban J connectivity index is 2.26. The van der Waals surface area contributed by atoms with Crippen LogP contribution >= 0.6 is 0 Å². The number of benzene rings is 1. The highest BCUT2D eigenvalue weighted by molar-refractivity contribution is 6.06. The van der Waals surface area contributed by atoms with E-state index in [0.29, 0.717) is 12.1 Å². The van der Waals surface area contributed by atoms with Crippen molar-refractivity contribution in [3.8, 4) is 0 Å². The van der Waals surface area contributed by atoms with Crippen LogP contribution in [0.5, 0.6) is 0 Å². The van der Waals surface area contributed by atoms with E-state index in [9.17, 15) is 4.79 Å². The maximum absolute atomic E-state index is 12.3. The van der Waals surface area contributed by atoms with Crippen LogP contribution in [-0.2, 0) is 0 Å². The van der Waals surface area contributed by atoms with Crippen LogP contribution in [0.15, 0.2) is 36.5 Å². The van der Waals surface area contributed by atoms with Gasteiger partial charge >= 0.3 is 0 Å². The number of fused-ring (bicyclic) bond motifs is 1. The minimum absolute atomic E-state index is 0.0566. The zero-order valence-electron chi connectivity index (χ0n) is 11.1. The van der Waals surface area contributed by atoms with Crippen molar-refractivity contribution in [1.82, 2.24) is 10.3 Å². The number of rotatable bonds is 5. The monoisotopic (exact) mass is 257 g/mol. The number of nitrogens with zero attached hydrogens (tertiary/aromatic N) is 1. The van der Waals surface area contributed by atoms with E-state index in [0.717, 1.165) is 23.7 Å². The number of amides is 1. The first-order valence-electron chi connectivity index (χ1n) is 6.61. The third-order valence-electron chi connectivity index (χ3n) is 3.23. The smallest absolute Gasteiger partial charge is 0.252 e. The summed E-state index contributed by atoms with van der Waals surface area (Å²) < 4.78 is 0. The van der Waals surface area contributed by atoms with E-state index in [-0.39, 0.29) is 11.9 Å². The number of carbonyl (C=O) groups excluding carboxylic acids is 1. The van der Waals surface area contributed by atoms with Crippen LogP contribution in [0, 0.1) is 0 Å². The standard InChI is InChI=1S/C15H19N3O/c1-2-11(8-9-16)18-15(19)13-5-3-7-14-12(13)6-4-10-17-14/h3-7,10-11H,2,8-9,16H2,1H3,(H,18,19). The maximum atomic E-state index is 12.3. The normalized spacial score (nSPS) is 12.3. The molecule has 0 bridgehead atoms. The lowest BCUT2D eigenvalue weighted by Gasteiger charge is -2.16. The molecule has 0 saturated heterocycles. The third-order valence-corrected chi connectivity index (χ3v) is 3.23. The first-order chi connectivity index (χ1) is 9.26. The van der Waals surface area contributed by atoms with Gasteiger partial charge < -0.3 is 11.1 Å². The number of pyridine rings is 1. The molecule has 1 amide bonds. The first-order valence-corrected chi connectivity index (χ1v) is 6.61. The van der Waals surface area contributed by atoms with Gasteiger partial charge in [0.15, 0.2) is 0 Å². The second-order valence-electron chi connectivity index (χ2n) is 4.53. The SMILES string of the molecule is CCC(CCN)NC(=O)c1cccc2ncccc12. The Morgan fingerprint density at radius 3 is 2.95 bits per heavy atom. The molecule has 1 aromatic carbocycles. The number of hydrogen-bond acceptors (Lipinski definition) is 3. The molecule has 1 unspecified atom stereocenters. The molecule has 0 aliphatic carbocycles. The molecule has 0 aliphatic heterocycles. The van der Waals surface area contributed by atoms with Crippen LogP contribution < -0.4 is 11.1 Å². The predicted octanol–water partition coefficient (Wildman–Crippen LogP) is 2.09. The molecule has 1 heterocycles. The summed E-state index contributed by atoms with van der Waals surface area (Å²) in [6, 6.07) is 9.48. The number of carbonyl (C=O) groups is 1. The summed E-state index contributed by atoms with van der Waals surface area (Å²) in [6.07, 6.45) is 3.41. The highest BCUT2D eigenvalue weighted by Crippen LogP contribution is 2.16. The minimum atomic E-state index is -0.0566. The van der Waals surface area contributed by atoms with Crippen molar-refractivity contribution >= 4 is 16.8 Å². The van der Waals surface area contributed by atoms with Gasteiger partial charge in [-0.3, -0.25) is 9.78 Å². The lowest BCUT2D eigenvalue weighted by Crippen LogP contribution is -2.35. The second kappa shape index (κ2) is 6.29. The van der Waals surface area contributed by atoms with Gasteiger partial charge in [-0.1, -0.05) is 19.1 Å². The van der Waals surface area contributed by atoms with Crippen molar-refractivity contribution < 1.29 is 4.79 Å². The fourth-order valence-electron chi connectivity index (χ4n) is 2.14. The zero-order valence-corrected chi connectivity index (χ0v) is 11.1. The lowest BCUT2D eigenvalue weighted by atomic mass is 10.1. The van der Waals surface area contributed by atoms with Gasteiger partial charge in [-0.15, -0.1) is 0 Å². The van der Waals surface area contributed by atoms with Crippen molar-refractivity contribution in [2.24, 2.45) is 5.73 Å². The van der Waals surface area contributed by atoms with Crippen LogP contribution in [0.2, 0.25) is 0 Å². The quantitative estimate of drug-likeness (QED) is 0.861. The van der Waals surface area contributed by atoms with Crippen molar-refractivity contribution in [3.63, 3.8) is 0 Å². The fourth-order valence-corrected chi connectivity index (χ4v) is 2.14. The van der Waals surface area contributed by atoms with Crippen LogP contribution in [0.3, 0.4) is 0 Å². The molecule has 100 valence electrons. The van der Waals surface area contributed by atoms with E-state index >= 15 is 0 Å². The molecule has 2 aromatic rings. The largest absolute Gasteiger partial charge is 0.349 e. The number of hydrogen-bond donors (Lipinski definition) is 2. The van der Waals surface area contributed by atoms with Crippen molar-refractivity contribution in [3.05, 3.63) is 42.1 Å². The molecule has 0 fully saturated rings. The molecule has 0 radical (unpaired) electrons. The van der Waals surface area contributed by atoms with Gasteiger partial charge in [-0.05, 0) is 37.6 Å². The molecule has 1 atom stereocenters. The summed E-state index contributed by atoms with van der Waals surface area (Å²) >= 11 is 0. The number of aromatic nitrogens is 1. The summed E-state index contributed by atoms with van der Waals surface area (Å²) in [5.41, 5.74) is 7.05. The molecular formula is C15H19N3O. The van der Waals surface area contributed by atoms with Gasteiger partial charge in [0.25, 0.3) is 5.91 Å². The molecule has 19 heavy (non-hydrogen) atoms. The molecule has 1 aromatic heterocycles. The van der Waals surface area contributed by atoms with Crippen LogP contribution in [0.25, 0.3) is 10.9 Å². The van der Waals surface area contributed by atoms with Crippen molar-refractivity contribution in [2.45, 2.75) is 25.8 Å². The minimum Gasteiger partial charge on any atom is -0.349 e. The summed E-state index contributed by atoms with van der Waals surface area (Å²) in [5.74, 6) is -0.0566. The Morgan fingerprint density at radius 1 is 1.37 bits per heavy atom. The molecular weight excluding hydrogens is 238 g/mol. The van der Waals surface area contributed by atoms with Gasteiger partial charge in [0, 0.05) is 23.2 Å². The Morgan fingerprint density at radius 2 is 2.21 bits per heavy atom. The van der Waals surface area contributed by atoms with Gasteiger partial charge in [-0.2, -0.15) is 0 Å². The maximum Gasteiger partial charge on any atom is 0.252 e. The Bertz CT molecular complexity index is 563. The van der Waals surface area contributed by atoms with E-state index in [4.69, 9.17) is 5.73 Å². The average Bonchev–Trinajstić information content (AvgIpc) is 2.46. The highest BCUT2D eigenvalue weighted by atomic mass is 16.1. The third kappa shape index (κ3) is 3.09. The molecule has 0 aliphatic rings. The van der Waals surface area contributed by atoms with Crippen LogP contribution in [-0.4, -0.2) is 23.5 Å². The Kier molecular flexibility index (Phi) is 4.47. The second-order valence-corrected chi connectivity index (χ2v) is 4.53. The zero-order chi connectivity index (χ0) is 13.7. The average molecular weight is 257 g/mol. The number of nitrogens with two attached hydrogens (primary N) is 1. The van der Waals surface area contributed by atoms with E-state index in [1.54, 1.807) is 6.20 Å². The van der Waals surface area contributed by atoms with E-state index < -0.39 is 0 Å². The van der Waals surface area contributed by atoms with Gasteiger partial charge in [0.1, 0.15) is 0 Å². The predicted molar refractivity (Wildman–Crippen MR) is 77.0 cm³/mol. The van der Waals surface area contributed by atoms with Gasteiger partial charge in [-0.25, -0.2) is 0 Å². The molecule has 0 spiro atoms. The Hall–Kier alpha value is -1.94. The lowest BCUT2D eigenvalue weighted by molar-refractivity contribution is 0.0936. The molecule has 4 nitrogen and oxygen atoms in total. The fraction of sp³-hybridized carbons (Fsp3) is 0.333. The van der Waals surface area contributed by atoms with E-state index in [1.165, 1.54) is 0 Å². The van der Waals surface area contributed by atoms with Crippen LogP contribution in [0.1, 0.15) is 30.1 Å². The van der Waals surface area contributed by atoms with Crippen molar-refractivity contribution in [2.75, 3.05) is 6.54 Å². The van der Waals surface area contributed by atoms with E-state index in [2.05, 4.69) is 10.3 Å².